The van der Waals surface area contributed by atoms with E-state index in [1.54, 1.807) is 11.0 Å². The van der Waals surface area contributed by atoms with E-state index >= 15 is 0 Å². The molecule has 10 heteroatoms. The number of thiazole rings is 1. The number of urea groups is 1. The third-order valence-corrected chi connectivity index (χ3v) is 5.77. The molecule has 8 nitrogen and oxygen atoms in total. The highest BCUT2D eigenvalue weighted by Gasteiger charge is 2.33. The second-order valence-corrected chi connectivity index (χ2v) is 7.85. The average Bonchev–Trinajstić information content (AvgIpc) is 3.01. The standard InChI is InChI=1S/C17H17ClN4O4S/c18-11-2-1-3-12-15(11)20-17(27-12)26-10-8-22(9-10)14(24)5-7-21-6-4-13(23)19-16(21)25/h1-3,10H,4-9H2,(H,19,23,25). The van der Waals surface area contributed by atoms with Crippen molar-refractivity contribution in [3.05, 3.63) is 23.2 Å². The summed E-state index contributed by atoms with van der Waals surface area (Å²) in [6, 6.07) is 5.16. The summed E-state index contributed by atoms with van der Waals surface area (Å²) in [6.07, 6.45) is 0.404. The molecule has 4 amide bonds. The van der Waals surface area contributed by atoms with Crippen LogP contribution in [-0.2, 0) is 9.59 Å². The highest BCUT2D eigenvalue weighted by Crippen LogP contribution is 2.33. The van der Waals surface area contributed by atoms with E-state index in [2.05, 4.69) is 10.3 Å². The van der Waals surface area contributed by atoms with Crippen molar-refractivity contribution in [2.75, 3.05) is 26.2 Å². The van der Waals surface area contributed by atoms with Gasteiger partial charge in [0, 0.05) is 25.9 Å². The number of hydrogen-bond donors (Lipinski definition) is 1. The van der Waals surface area contributed by atoms with Gasteiger partial charge >= 0.3 is 6.03 Å². The number of hydrogen-bond acceptors (Lipinski definition) is 6. The maximum Gasteiger partial charge on any atom is 0.324 e. The molecule has 27 heavy (non-hydrogen) atoms. The van der Waals surface area contributed by atoms with Gasteiger partial charge in [-0.1, -0.05) is 29.0 Å². The van der Waals surface area contributed by atoms with Gasteiger partial charge in [-0.2, -0.15) is 0 Å². The molecule has 2 aliphatic heterocycles. The Labute approximate surface area is 164 Å². The van der Waals surface area contributed by atoms with Crippen molar-refractivity contribution in [2.24, 2.45) is 0 Å². The molecule has 0 atom stereocenters. The number of halogens is 1. The molecule has 1 aromatic carbocycles. The number of nitrogens with one attached hydrogen (secondary N) is 1. The Bertz CT molecular complexity index is 911. The fourth-order valence-electron chi connectivity index (χ4n) is 3.00. The lowest BCUT2D eigenvalue weighted by molar-refractivity contribution is -0.140. The molecule has 0 aliphatic carbocycles. The summed E-state index contributed by atoms with van der Waals surface area (Å²) in [4.78, 5) is 42.6. The smallest absolute Gasteiger partial charge is 0.324 e. The van der Waals surface area contributed by atoms with Crippen molar-refractivity contribution in [2.45, 2.75) is 18.9 Å². The Morgan fingerprint density at radius 2 is 2.19 bits per heavy atom. The van der Waals surface area contributed by atoms with Gasteiger partial charge in [0.05, 0.1) is 22.8 Å². The van der Waals surface area contributed by atoms with Crippen LogP contribution in [0.25, 0.3) is 10.2 Å². The van der Waals surface area contributed by atoms with Gasteiger partial charge in [0.25, 0.3) is 5.19 Å². The summed E-state index contributed by atoms with van der Waals surface area (Å²) in [5.41, 5.74) is 0.727. The highest BCUT2D eigenvalue weighted by molar-refractivity contribution is 7.20. The zero-order valence-electron chi connectivity index (χ0n) is 14.3. The topological polar surface area (TPSA) is 91.8 Å². The van der Waals surface area contributed by atoms with Crippen LogP contribution in [0.5, 0.6) is 5.19 Å². The molecule has 2 saturated heterocycles. The van der Waals surface area contributed by atoms with E-state index in [-0.39, 0.29) is 30.8 Å². The molecule has 1 N–H and O–H groups in total. The van der Waals surface area contributed by atoms with Gasteiger partial charge in [-0.25, -0.2) is 9.78 Å². The maximum absolute atomic E-state index is 12.2. The van der Waals surface area contributed by atoms with E-state index in [0.717, 1.165) is 10.2 Å². The first-order chi connectivity index (χ1) is 13.0. The van der Waals surface area contributed by atoms with E-state index < -0.39 is 6.03 Å². The number of carbonyl (C=O) groups excluding carboxylic acids is 3. The van der Waals surface area contributed by atoms with E-state index in [9.17, 15) is 14.4 Å². The van der Waals surface area contributed by atoms with E-state index in [4.69, 9.17) is 16.3 Å². The van der Waals surface area contributed by atoms with Gasteiger partial charge in [0.2, 0.25) is 11.8 Å². The van der Waals surface area contributed by atoms with Gasteiger partial charge in [-0.15, -0.1) is 0 Å². The molecule has 0 unspecified atom stereocenters. The zero-order valence-corrected chi connectivity index (χ0v) is 15.9. The second-order valence-electron chi connectivity index (χ2n) is 6.45. The lowest BCUT2D eigenvalue weighted by Crippen LogP contribution is -2.57. The average molecular weight is 409 g/mol. The first-order valence-electron chi connectivity index (χ1n) is 8.58. The summed E-state index contributed by atoms with van der Waals surface area (Å²) in [6.45, 7) is 1.64. The van der Waals surface area contributed by atoms with Crippen molar-refractivity contribution in [1.29, 1.82) is 0 Å². The number of nitrogens with zero attached hydrogens (tertiary/aromatic N) is 3. The van der Waals surface area contributed by atoms with Crippen LogP contribution in [0.2, 0.25) is 5.02 Å². The van der Waals surface area contributed by atoms with E-state index in [0.29, 0.717) is 36.4 Å². The molecule has 0 saturated carbocycles. The number of carbonyl (C=O) groups is 3. The Morgan fingerprint density at radius 3 is 2.93 bits per heavy atom. The lowest BCUT2D eigenvalue weighted by atomic mass is 10.1. The first-order valence-corrected chi connectivity index (χ1v) is 9.77. The molecule has 0 radical (unpaired) electrons. The van der Waals surface area contributed by atoms with E-state index in [1.807, 2.05) is 12.1 Å². The van der Waals surface area contributed by atoms with Crippen LogP contribution in [0.1, 0.15) is 12.8 Å². The second kappa shape index (κ2) is 7.32. The summed E-state index contributed by atoms with van der Waals surface area (Å²) >= 11 is 7.55. The number of aromatic nitrogens is 1. The van der Waals surface area contributed by atoms with Crippen LogP contribution < -0.4 is 10.1 Å². The number of imide groups is 1. The minimum atomic E-state index is -0.432. The summed E-state index contributed by atoms with van der Waals surface area (Å²) in [5, 5.41) is 3.38. The monoisotopic (exact) mass is 408 g/mol. The molecular formula is C17H17ClN4O4S. The normalized spacial score (nSPS) is 17.8. The van der Waals surface area contributed by atoms with Crippen molar-refractivity contribution < 1.29 is 19.1 Å². The molecule has 0 spiro atoms. The Morgan fingerprint density at radius 1 is 1.37 bits per heavy atom. The van der Waals surface area contributed by atoms with Gasteiger partial charge in [-0.05, 0) is 12.1 Å². The Kier molecular flexibility index (Phi) is 4.88. The van der Waals surface area contributed by atoms with Gasteiger partial charge in [-0.3, -0.25) is 14.9 Å². The maximum atomic E-state index is 12.2. The van der Waals surface area contributed by atoms with Crippen molar-refractivity contribution >= 4 is 51.0 Å². The van der Waals surface area contributed by atoms with Crippen LogP contribution in [0, 0.1) is 0 Å². The lowest BCUT2D eigenvalue weighted by Gasteiger charge is -2.38. The fourth-order valence-corrected chi connectivity index (χ4v) is 4.19. The number of ether oxygens (including phenoxy) is 1. The number of rotatable bonds is 5. The molecule has 4 rings (SSSR count). The highest BCUT2D eigenvalue weighted by atomic mass is 35.5. The van der Waals surface area contributed by atoms with Crippen LogP contribution in [0.4, 0.5) is 4.79 Å². The molecule has 142 valence electrons. The third kappa shape index (κ3) is 3.84. The molecule has 0 bridgehead atoms. The van der Waals surface area contributed by atoms with Gasteiger partial charge in [0.1, 0.15) is 11.6 Å². The Balaban J connectivity index is 1.24. The summed E-state index contributed by atoms with van der Waals surface area (Å²) < 4.78 is 6.80. The van der Waals surface area contributed by atoms with Gasteiger partial charge < -0.3 is 14.5 Å². The molecular weight excluding hydrogens is 392 g/mol. The molecule has 2 fully saturated rings. The predicted molar refractivity (Wildman–Crippen MR) is 100.0 cm³/mol. The fraction of sp³-hybridized carbons (Fsp3) is 0.412. The SMILES string of the molecule is O=C1CCN(CCC(=O)N2CC(Oc3nc4c(Cl)cccc4s3)C2)C(=O)N1. The van der Waals surface area contributed by atoms with Crippen LogP contribution in [0.3, 0.4) is 0 Å². The molecule has 2 aromatic rings. The number of benzene rings is 1. The molecule has 2 aliphatic rings. The minimum Gasteiger partial charge on any atom is -0.463 e. The zero-order chi connectivity index (χ0) is 19.0. The molecule has 1 aromatic heterocycles. The number of para-hydroxylation sites is 1. The quantitative estimate of drug-likeness (QED) is 0.815. The van der Waals surface area contributed by atoms with Crippen LogP contribution >= 0.6 is 22.9 Å². The van der Waals surface area contributed by atoms with Crippen LogP contribution in [-0.4, -0.2) is 64.9 Å². The van der Waals surface area contributed by atoms with E-state index in [1.165, 1.54) is 16.2 Å². The third-order valence-electron chi connectivity index (χ3n) is 4.56. The largest absolute Gasteiger partial charge is 0.463 e. The van der Waals surface area contributed by atoms with Crippen molar-refractivity contribution in [3.8, 4) is 5.19 Å². The number of fused-ring (bicyclic) bond motifs is 1. The van der Waals surface area contributed by atoms with Gasteiger partial charge in [0.15, 0.2) is 0 Å². The molecule has 3 heterocycles. The Hall–Kier alpha value is -2.39. The number of amides is 4. The summed E-state index contributed by atoms with van der Waals surface area (Å²) in [5.74, 6) is -0.312. The summed E-state index contributed by atoms with van der Waals surface area (Å²) in [7, 11) is 0. The minimum absolute atomic E-state index is 0.0353. The van der Waals surface area contributed by atoms with Crippen molar-refractivity contribution in [3.63, 3.8) is 0 Å². The number of likely N-dealkylation sites (tertiary alicyclic amines) is 1. The van der Waals surface area contributed by atoms with Crippen molar-refractivity contribution in [1.82, 2.24) is 20.1 Å². The van der Waals surface area contributed by atoms with Crippen LogP contribution in [0.15, 0.2) is 18.2 Å². The predicted octanol–water partition coefficient (Wildman–Crippen LogP) is 1.87. The first kappa shape index (κ1) is 18.0.